The fourth-order valence-corrected chi connectivity index (χ4v) is 2.17. The molecule has 0 unspecified atom stereocenters. The van der Waals surface area contributed by atoms with E-state index in [-0.39, 0.29) is 12.0 Å². The number of para-hydroxylation sites is 1. The Morgan fingerprint density at radius 3 is 2.47 bits per heavy atom. The molecule has 0 aromatic heterocycles. The number of hydrogen-bond donors (Lipinski definition) is 2. The van der Waals surface area contributed by atoms with Gasteiger partial charge < -0.3 is 5.73 Å². The molecule has 0 saturated heterocycles. The minimum Gasteiger partial charge on any atom is -0.370 e. The Morgan fingerprint density at radius 1 is 1.37 bits per heavy atom. The van der Waals surface area contributed by atoms with Crippen LogP contribution < -0.4 is 10.6 Å². The van der Waals surface area contributed by atoms with Crippen LogP contribution in [0.4, 0.5) is 10.5 Å². The number of benzene rings is 1. The third-order valence-corrected chi connectivity index (χ3v) is 3.16. The normalized spacial score (nSPS) is 10.1. The van der Waals surface area contributed by atoms with Crippen LogP contribution in [0.1, 0.15) is 25.0 Å². The molecule has 19 heavy (non-hydrogen) atoms. The first-order chi connectivity index (χ1) is 8.93. The minimum absolute atomic E-state index is 0.231. The highest BCUT2D eigenvalue weighted by molar-refractivity contribution is 6.02. The van der Waals surface area contributed by atoms with Gasteiger partial charge >= 0.3 is 6.03 Å². The van der Waals surface area contributed by atoms with Gasteiger partial charge in [-0.05, 0) is 31.4 Å². The molecule has 2 amide bonds. The third-order valence-electron chi connectivity index (χ3n) is 3.16. The van der Waals surface area contributed by atoms with Gasteiger partial charge in [0.1, 0.15) is 0 Å². The zero-order valence-corrected chi connectivity index (χ0v) is 12.0. The fourth-order valence-electron chi connectivity index (χ4n) is 2.17. The summed E-state index contributed by atoms with van der Waals surface area (Å²) in [4.78, 5) is 15.2. The Morgan fingerprint density at radius 2 is 2.00 bits per heavy atom. The van der Waals surface area contributed by atoms with Crippen LogP contribution in [0.3, 0.4) is 0 Å². The van der Waals surface area contributed by atoms with Crippen LogP contribution in [0.25, 0.3) is 0 Å². The summed E-state index contributed by atoms with van der Waals surface area (Å²) in [5.74, 6) is -0.231. The zero-order chi connectivity index (χ0) is 14.6. The van der Waals surface area contributed by atoms with Crippen LogP contribution in [0.2, 0.25) is 0 Å². The van der Waals surface area contributed by atoms with Crippen LogP contribution in [0.5, 0.6) is 0 Å². The van der Waals surface area contributed by atoms with E-state index in [1.54, 1.807) is 18.9 Å². The highest BCUT2D eigenvalue weighted by Gasteiger charge is 2.22. The number of nitrogens with two attached hydrogens (primary N) is 1. The molecule has 1 aromatic rings. The Labute approximate surface area is 114 Å². The Bertz CT molecular complexity index is 484. The summed E-state index contributed by atoms with van der Waals surface area (Å²) in [6.07, 6.45) is 0.848. The number of rotatable bonds is 3. The summed E-state index contributed by atoms with van der Waals surface area (Å²) >= 11 is 0. The van der Waals surface area contributed by atoms with Gasteiger partial charge in [0.15, 0.2) is 5.96 Å². The summed E-state index contributed by atoms with van der Waals surface area (Å²) in [6, 6.07) is 5.69. The lowest BCUT2D eigenvalue weighted by Gasteiger charge is -2.28. The maximum Gasteiger partial charge on any atom is 0.331 e. The molecule has 5 nitrogen and oxygen atoms in total. The van der Waals surface area contributed by atoms with E-state index < -0.39 is 0 Å². The molecule has 0 bridgehead atoms. The van der Waals surface area contributed by atoms with Gasteiger partial charge in [0, 0.05) is 13.6 Å². The van der Waals surface area contributed by atoms with Crippen LogP contribution in [-0.2, 0) is 6.42 Å². The van der Waals surface area contributed by atoms with E-state index in [1.807, 2.05) is 25.1 Å². The Balaban J connectivity index is 3.16. The van der Waals surface area contributed by atoms with Gasteiger partial charge in [-0.15, -0.1) is 0 Å². The highest BCUT2D eigenvalue weighted by atomic mass is 16.2. The first kappa shape index (κ1) is 15.0. The third kappa shape index (κ3) is 3.05. The van der Waals surface area contributed by atoms with Crippen molar-refractivity contribution in [1.82, 2.24) is 4.90 Å². The molecule has 1 aromatic carbocycles. The largest absolute Gasteiger partial charge is 0.370 e. The second-order valence-electron chi connectivity index (χ2n) is 4.41. The monoisotopic (exact) mass is 262 g/mol. The first-order valence-electron chi connectivity index (χ1n) is 6.41. The van der Waals surface area contributed by atoms with E-state index in [4.69, 9.17) is 11.1 Å². The number of carbonyl (C=O) groups is 1. The number of aryl methyl sites for hydroxylation is 2. The number of urea groups is 1. The predicted octanol–water partition coefficient (Wildman–Crippen LogP) is 2.33. The number of carbonyl (C=O) groups excluding carboxylic acids is 1. The number of nitrogens with one attached hydrogen (secondary N) is 1. The van der Waals surface area contributed by atoms with Gasteiger partial charge in [-0.3, -0.25) is 15.2 Å². The summed E-state index contributed by atoms with van der Waals surface area (Å²) in [5, 5.41) is 7.45. The van der Waals surface area contributed by atoms with Gasteiger partial charge in [-0.1, -0.05) is 25.1 Å². The molecule has 3 N–H and O–H groups in total. The number of nitrogens with zero attached hydrogens (tertiary/aromatic N) is 2. The van der Waals surface area contributed by atoms with E-state index in [2.05, 4.69) is 6.92 Å². The van der Waals surface area contributed by atoms with Gasteiger partial charge in [0.05, 0.1) is 5.69 Å². The molecular formula is C14H22N4O. The lowest BCUT2D eigenvalue weighted by Crippen LogP contribution is -2.47. The van der Waals surface area contributed by atoms with Crippen molar-refractivity contribution in [3.63, 3.8) is 0 Å². The highest BCUT2D eigenvalue weighted by Crippen LogP contribution is 2.25. The summed E-state index contributed by atoms with van der Waals surface area (Å²) in [7, 11) is 1.72. The van der Waals surface area contributed by atoms with Gasteiger partial charge in [0.2, 0.25) is 0 Å². The van der Waals surface area contributed by atoms with Crippen LogP contribution in [0, 0.1) is 12.3 Å². The smallest absolute Gasteiger partial charge is 0.331 e. The topological polar surface area (TPSA) is 73.4 Å². The van der Waals surface area contributed by atoms with Crippen molar-refractivity contribution >= 4 is 17.7 Å². The number of guanidine groups is 1. The van der Waals surface area contributed by atoms with Crippen LogP contribution in [-0.4, -0.2) is 30.5 Å². The van der Waals surface area contributed by atoms with Gasteiger partial charge in [-0.25, -0.2) is 4.79 Å². The predicted molar refractivity (Wildman–Crippen MR) is 78.7 cm³/mol. The molecule has 0 atom stereocenters. The molecule has 0 heterocycles. The van der Waals surface area contributed by atoms with Crippen LogP contribution in [0.15, 0.2) is 18.2 Å². The van der Waals surface area contributed by atoms with Gasteiger partial charge in [-0.2, -0.15) is 0 Å². The summed E-state index contributed by atoms with van der Waals surface area (Å²) in [5.41, 5.74) is 8.48. The maximum absolute atomic E-state index is 12.4. The van der Waals surface area contributed by atoms with E-state index >= 15 is 0 Å². The van der Waals surface area contributed by atoms with E-state index in [9.17, 15) is 4.79 Å². The summed E-state index contributed by atoms with van der Waals surface area (Å²) in [6.45, 7) is 6.21. The SMILES string of the molecule is CCc1cccc(C)c1N(C)C(=O)N(CC)C(=N)N. The second kappa shape index (κ2) is 6.22. The molecule has 0 aliphatic heterocycles. The van der Waals surface area contributed by atoms with Crippen molar-refractivity contribution in [2.75, 3.05) is 18.5 Å². The molecular weight excluding hydrogens is 240 g/mol. The number of amides is 2. The molecule has 0 radical (unpaired) electrons. The molecule has 5 heteroatoms. The Hall–Kier alpha value is -2.04. The molecule has 0 aliphatic rings. The van der Waals surface area contributed by atoms with E-state index in [0.29, 0.717) is 6.54 Å². The lowest BCUT2D eigenvalue weighted by atomic mass is 10.1. The molecule has 0 aliphatic carbocycles. The fraction of sp³-hybridized carbons (Fsp3) is 0.429. The average Bonchev–Trinajstić information content (AvgIpc) is 2.37. The van der Waals surface area contributed by atoms with Crippen molar-refractivity contribution in [2.45, 2.75) is 27.2 Å². The standard InChI is InChI=1S/C14H22N4O/c1-5-11-9-7-8-10(3)12(11)17(4)14(19)18(6-2)13(15)16/h7-9H,5-6H2,1-4H3,(H3,15,16). The van der Waals surface area contributed by atoms with Crippen molar-refractivity contribution in [1.29, 1.82) is 5.41 Å². The average molecular weight is 262 g/mol. The second-order valence-corrected chi connectivity index (χ2v) is 4.41. The minimum atomic E-state index is -0.279. The van der Waals surface area contributed by atoms with Crippen molar-refractivity contribution in [3.05, 3.63) is 29.3 Å². The lowest BCUT2D eigenvalue weighted by molar-refractivity contribution is 0.229. The number of anilines is 1. The van der Waals surface area contributed by atoms with Gasteiger partial charge in [0.25, 0.3) is 0 Å². The Kier molecular flexibility index (Phi) is 4.92. The maximum atomic E-state index is 12.4. The van der Waals surface area contributed by atoms with E-state index in [0.717, 1.165) is 23.2 Å². The molecule has 0 saturated carbocycles. The molecule has 0 fully saturated rings. The molecule has 1 rings (SSSR count). The quantitative estimate of drug-likeness (QED) is 0.648. The summed E-state index contributed by atoms with van der Waals surface area (Å²) < 4.78 is 0. The van der Waals surface area contributed by atoms with E-state index in [1.165, 1.54) is 4.90 Å². The van der Waals surface area contributed by atoms with Crippen molar-refractivity contribution < 1.29 is 4.79 Å². The molecule has 0 spiro atoms. The first-order valence-corrected chi connectivity index (χ1v) is 6.41. The van der Waals surface area contributed by atoms with Crippen molar-refractivity contribution in [2.24, 2.45) is 5.73 Å². The van der Waals surface area contributed by atoms with Crippen molar-refractivity contribution in [3.8, 4) is 0 Å². The molecule has 104 valence electrons. The number of hydrogen-bond acceptors (Lipinski definition) is 2. The van der Waals surface area contributed by atoms with Crippen LogP contribution >= 0.6 is 0 Å². The zero-order valence-electron chi connectivity index (χ0n) is 12.0.